The standard InChI is InChI=1S/C16H27NOSi/c1-5-6-12-18-13-11-17-14-15-7-9-16(10-8-15)19(2,3)4/h5,7-10,17H,1,6,11-14H2,2-4H3. The lowest BCUT2D eigenvalue weighted by molar-refractivity contribution is 0.140. The summed E-state index contributed by atoms with van der Waals surface area (Å²) in [7, 11) is -1.16. The fourth-order valence-electron chi connectivity index (χ4n) is 1.77. The molecule has 0 saturated heterocycles. The maximum absolute atomic E-state index is 5.45. The Morgan fingerprint density at radius 1 is 1.16 bits per heavy atom. The highest BCUT2D eigenvalue weighted by atomic mass is 28.3. The Kier molecular flexibility index (Phi) is 7.06. The molecule has 0 aliphatic carbocycles. The van der Waals surface area contributed by atoms with E-state index >= 15 is 0 Å². The molecule has 0 heterocycles. The minimum absolute atomic E-state index is 0.765. The van der Waals surface area contributed by atoms with E-state index in [1.165, 1.54) is 10.8 Å². The first-order chi connectivity index (χ1) is 9.04. The number of hydrogen-bond acceptors (Lipinski definition) is 2. The third-order valence-corrected chi connectivity index (χ3v) is 5.10. The predicted molar refractivity (Wildman–Crippen MR) is 86.8 cm³/mol. The molecular formula is C16H27NOSi. The normalized spacial score (nSPS) is 11.5. The van der Waals surface area contributed by atoms with Crippen molar-refractivity contribution in [1.82, 2.24) is 5.32 Å². The van der Waals surface area contributed by atoms with E-state index in [1.807, 2.05) is 6.08 Å². The van der Waals surface area contributed by atoms with E-state index in [2.05, 4.69) is 55.8 Å². The SMILES string of the molecule is C=CCCOCCNCc1ccc([Si](C)(C)C)cc1. The summed E-state index contributed by atoms with van der Waals surface area (Å²) >= 11 is 0. The molecule has 0 saturated carbocycles. The van der Waals surface area contributed by atoms with Crippen molar-refractivity contribution in [3.05, 3.63) is 42.5 Å². The van der Waals surface area contributed by atoms with E-state index in [4.69, 9.17) is 4.74 Å². The van der Waals surface area contributed by atoms with Crippen LogP contribution in [0.25, 0.3) is 0 Å². The topological polar surface area (TPSA) is 21.3 Å². The Morgan fingerprint density at radius 3 is 2.42 bits per heavy atom. The maximum atomic E-state index is 5.45. The Labute approximate surface area is 118 Å². The molecule has 1 rings (SSSR count). The highest BCUT2D eigenvalue weighted by molar-refractivity contribution is 6.88. The minimum Gasteiger partial charge on any atom is -0.380 e. The van der Waals surface area contributed by atoms with Crippen molar-refractivity contribution in [2.45, 2.75) is 32.6 Å². The lowest BCUT2D eigenvalue weighted by Crippen LogP contribution is -2.37. The quantitative estimate of drug-likeness (QED) is 0.426. The summed E-state index contributed by atoms with van der Waals surface area (Å²) in [5.41, 5.74) is 1.34. The first-order valence-electron chi connectivity index (χ1n) is 7.03. The van der Waals surface area contributed by atoms with Gasteiger partial charge in [-0.25, -0.2) is 0 Å². The van der Waals surface area contributed by atoms with Crippen molar-refractivity contribution in [3.8, 4) is 0 Å². The van der Waals surface area contributed by atoms with Crippen LogP contribution in [-0.4, -0.2) is 27.8 Å². The van der Waals surface area contributed by atoms with Crippen LogP contribution in [0.4, 0.5) is 0 Å². The van der Waals surface area contributed by atoms with Gasteiger partial charge in [-0.15, -0.1) is 6.58 Å². The summed E-state index contributed by atoms with van der Waals surface area (Å²) < 4.78 is 5.45. The van der Waals surface area contributed by atoms with Gasteiger partial charge in [0.2, 0.25) is 0 Å². The van der Waals surface area contributed by atoms with Crippen molar-refractivity contribution in [2.24, 2.45) is 0 Å². The fraction of sp³-hybridized carbons (Fsp3) is 0.500. The van der Waals surface area contributed by atoms with E-state index in [1.54, 1.807) is 0 Å². The van der Waals surface area contributed by atoms with Gasteiger partial charge in [0.05, 0.1) is 21.3 Å². The van der Waals surface area contributed by atoms with Gasteiger partial charge < -0.3 is 10.1 Å². The van der Waals surface area contributed by atoms with Crippen LogP contribution in [0, 0.1) is 0 Å². The van der Waals surface area contributed by atoms with Crippen molar-refractivity contribution in [3.63, 3.8) is 0 Å². The van der Waals surface area contributed by atoms with Gasteiger partial charge in [-0.1, -0.05) is 55.2 Å². The smallest absolute Gasteiger partial charge is 0.0775 e. The molecule has 2 nitrogen and oxygen atoms in total. The highest BCUT2D eigenvalue weighted by Gasteiger charge is 2.15. The summed E-state index contributed by atoms with van der Waals surface area (Å²) in [6.07, 6.45) is 2.81. The second-order valence-corrected chi connectivity index (χ2v) is 10.9. The molecular weight excluding hydrogens is 250 g/mol. The molecule has 3 heteroatoms. The molecule has 19 heavy (non-hydrogen) atoms. The second kappa shape index (κ2) is 8.30. The van der Waals surface area contributed by atoms with Gasteiger partial charge in [-0.2, -0.15) is 0 Å². The summed E-state index contributed by atoms with van der Waals surface area (Å²) in [5.74, 6) is 0. The van der Waals surface area contributed by atoms with Crippen LogP contribution in [0.1, 0.15) is 12.0 Å². The maximum Gasteiger partial charge on any atom is 0.0775 e. The first kappa shape index (κ1) is 16.2. The van der Waals surface area contributed by atoms with E-state index in [0.29, 0.717) is 0 Å². The molecule has 0 aliphatic heterocycles. The number of hydrogen-bond donors (Lipinski definition) is 1. The van der Waals surface area contributed by atoms with Crippen LogP contribution in [0.5, 0.6) is 0 Å². The average molecular weight is 277 g/mol. The highest BCUT2D eigenvalue weighted by Crippen LogP contribution is 2.04. The second-order valence-electron chi connectivity index (χ2n) is 5.81. The van der Waals surface area contributed by atoms with Crippen LogP contribution < -0.4 is 10.5 Å². The summed E-state index contributed by atoms with van der Waals surface area (Å²) in [5, 5.41) is 4.91. The Bertz CT molecular complexity index is 367. The molecule has 1 N–H and O–H groups in total. The van der Waals surface area contributed by atoms with E-state index in [-0.39, 0.29) is 0 Å². The van der Waals surface area contributed by atoms with Gasteiger partial charge in [-0.05, 0) is 12.0 Å². The molecule has 0 unspecified atom stereocenters. The van der Waals surface area contributed by atoms with Gasteiger partial charge in [0, 0.05) is 13.1 Å². The van der Waals surface area contributed by atoms with Crippen molar-refractivity contribution < 1.29 is 4.74 Å². The zero-order valence-corrected chi connectivity index (χ0v) is 13.5. The van der Waals surface area contributed by atoms with Gasteiger partial charge >= 0.3 is 0 Å². The molecule has 0 aromatic heterocycles. The van der Waals surface area contributed by atoms with E-state index < -0.39 is 8.07 Å². The molecule has 0 atom stereocenters. The lowest BCUT2D eigenvalue weighted by atomic mass is 10.2. The number of nitrogens with one attached hydrogen (secondary N) is 1. The lowest BCUT2D eigenvalue weighted by Gasteiger charge is -2.16. The molecule has 0 bridgehead atoms. The predicted octanol–water partition coefficient (Wildman–Crippen LogP) is 2.91. The third kappa shape index (κ3) is 6.71. The molecule has 0 spiro atoms. The third-order valence-electron chi connectivity index (χ3n) is 3.04. The largest absolute Gasteiger partial charge is 0.380 e. The molecule has 0 radical (unpaired) electrons. The van der Waals surface area contributed by atoms with Crippen LogP contribution in [0.15, 0.2) is 36.9 Å². The Balaban J connectivity index is 2.21. The minimum atomic E-state index is -1.16. The zero-order valence-electron chi connectivity index (χ0n) is 12.5. The molecule has 1 aromatic carbocycles. The fourth-order valence-corrected chi connectivity index (χ4v) is 2.94. The number of ether oxygens (including phenoxy) is 1. The van der Waals surface area contributed by atoms with Crippen molar-refractivity contribution in [1.29, 1.82) is 0 Å². The molecule has 0 amide bonds. The monoisotopic (exact) mass is 277 g/mol. The first-order valence-corrected chi connectivity index (χ1v) is 10.5. The molecule has 106 valence electrons. The van der Waals surface area contributed by atoms with Crippen molar-refractivity contribution in [2.75, 3.05) is 19.8 Å². The Hall–Kier alpha value is -0.903. The summed E-state index contributed by atoms with van der Waals surface area (Å²) in [6, 6.07) is 9.03. The summed E-state index contributed by atoms with van der Waals surface area (Å²) in [6.45, 7) is 14.1. The molecule has 1 aromatic rings. The average Bonchev–Trinajstić information content (AvgIpc) is 2.37. The van der Waals surface area contributed by atoms with Gasteiger partial charge in [0.1, 0.15) is 0 Å². The van der Waals surface area contributed by atoms with E-state index in [9.17, 15) is 0 Å². The molecule has 0 fully saturated rings. The van der Waals surface area contributed by atoms with Crippen LogP contribution in [0.3, 0.4) is 0 Å². The van der Waals surface area contributed by atoms with Crippen molar-refractivity contribution >= 4 is 13.3 Å². The Morgan fingerprint density at radius 2 is 1.84 bits per heavy atom. The number of rotatable bonds is 9. The van der Waals surface area contributed by atoms with Gasteiger partial charge in [0.15, 0.2) is 0 Å². The number of benzene rings is 1. The van der Waals surface area contributed by atoms with E-state index in [0.717, 1.165) is 32.7 Å². The summed E-state index contributed by atoms with van der Waals surface area (Å²) in [4.78, 5) is 0. The van der Waals surface area contributed by atoms with Gasteiger partial charge in [0.25, 0.3) is 0 Å². The van der Waals surface area contributed by atoms with Crippen LogP contribution in [-0.2, 0) is 11.3 Å². The van der Waals surface area contributed by atoms with Gasteiger partial charge in [-0.3, -0.25) is 0 Å². The van der Waals surface area contributed by atoms with Crippen LogP contribution >= 0.6 is 0 Å². The van der Waals surface area contributed by atoms with Crippen LogP contribution in [0.2, 0.25) is 19.6 Å². The zero-order chi connectivity index (χ0) is 14.1. The molecule has 0 aliphatic rings.